The minimum Gasteiger partial charge on any atom is -0.438 e. The van der Waals surface area contributed by atoms with E-state index in [0.717, 1.165) is 30.5 Å². The number of ether oxygens (including phenoxy) is 1. The Labute approximate surface area is 124 Å². The summed E-state index contributed by atoms with van der Waals surface area (Å²) in [6.45, 7) is 0. The van der Waals surface area contributed by atoms with Gasteiger partial charge in [0.25, 0.3) is 0 Å². The number of nitriles is 1. The summed E-state index contributed by atoms with van der Waals surface area (Å²) in [6.07, 6.45) is 2.89. The van der Waals surface area contributed by atoms with Gasteiger partial charge >= 0.3 is 0 Å². The van der Waals surface area contributed by atoms with Crippen LogP contribution >= 0.6 is 15.9 Å². The zero-order valence-electron chi connectivity index (χ0n) is 10.5. The molecular weight excluding hydrogens is 323 g/mol. The lowest BCUT2D eigenvalue weighted by Gasteiger charge is -2.09. The molecule has 0 unspecified atom stereocenters. The fraction of sp³-hybridized carbons (Fsp3) is 0.200. The molecule has 20 heavy (non-hydrogen) atoms. The van der Waals surface area contributed by atoms with Crippen molar-refractivity contribution in [2.24, 2.45) is 0 Å². The number of hydrogen-bond acceptors (Lipinski definition) is 3. The van der Waals surface area contributed by atoms with Crippen LogP contribution in [0.2, 0.25) is 0 Å². The van der Waals surface area contributed by atoms with Crippen molar-refractivity contribution < 1.29 is 9.13 Å². The van der Waals surface area contributed by atoms with Crippen LogP contribution in [0.4, 0.5) is 4.39 Å². The first kappa shape index (κ1) is 13.1. The molecule has 3 nitrogen and oxygen atoms in total. The van der Waals surface area contributed by atoms with E-state index in [2.05, 4.69) is 27.0 Å². The Kier molecular flexibility index (Phi) is 3.41. The molecule has 0 saturated carbocycles. The smallest absolute Gasteiger partial charge is 0.237 e. The maximum Gasteiger partial charge on any atom is 0.237 e. The third kappa shape index (κ3) is 2.39. The topological polar surface area (TPSA) is 45.9 Å². The molecule has 1 heterocycles. The lowest BCUT2D eigenvalue weighted by atomic mass is 10.1. The van der Waals surface area contributed by atoms with Gasteiger partial charge in [0.15, 0.2) is 0 Å². The number of benzene rings is 1. The Morgan fingerprint density at radius 2 is 2.15 bits per heavy atom. The summed E-state index contributed by atoms with van der Waals surface area (Å²) < 4.78 is 19.4. The fourth-order valence-corrected chi connectivity index (χ4v) is 2.51. The van der Waals surface area contributed by atoms with E-state index in [0.29, 0.717) is 15.8 Å². The van der Waals surface area contributed by atoms with Crippen molar-refractivity contribution in [3.8, 4) is 17.7 Å². The second kappa shape index (κ2) is 5.22. The number of rotatable bonds is 2. The summed E-state index contributed by atoms with van der Waals surface area (Å²) in [5.41, 5.74) is 2.46. The summed E-state index contributed by atoms with van der Waals surface area (Å²) in [4.78, 5) is 4.39. The molecule has 0 bridgehead atoms. The molecule has 100 valence electrons. The van der Waals surface area contributed by atoms with Crippen LogP contribution in [0, 0.1) is 17.1 Å². The third-order valence-electron chi connectivity index (χ3n) is 3.24. The predicted octanol–water partition coefficient (Wildman–Crippen LogP) is 4.14. The summed E-state index contributed by atoms with van der Waals surface area (Å²) in [5.74, 6) is 0.157. The van der Waals surface area contributed by atoms with Gasteiger partial charge < -0.3 is 4.74 Å². The van der Waals surface area contributed by atoms with E-state index in [9.17, 15) is 9.65 Å². The van der Waals surface area contributed by atoms with Crippen molar-refractivity contribution >= 4 is 15.9 Å². The molecular formula is C15H10BrFN2O. The average molecular weight is 333 g/mol. The van der Waals surface area contributed by atoms with Gasteiger partial charge in [0, 0.05) is 11.8 Å². The number of pyridine rings is 1. The largest absolute Gasteiger partial charge is 0.438 e. The lowest BCUT2D eigenvalue weighted by Crippen LogP contribution is -1.97. The Hall–Kier alpha value is -1.93. The first-order valence-electron chi connectivity index (χ1n) is 6.23. The van der Waals surface area contributed by atoms with Crippen LogP contribution in [0.1, 0.15) is 23.2 Å². The fourth-order valence-electron chi connectivity index (χ4n) is 2.26. The van der Waals surface area contributed by atoms with E-state index in [4.69, 9.17) is 4.74 Å². The van der Waals surface area contributed by atoms with Crippen molar-refractivity contribution in [2.45, 2.75) is 19.3 Å². The predicted molar refractivity (Wildman–Crippen MR) is 75.2 cm³/mol. The van der Waals surface area contributed by atoms with Gasteiger partial charge in [-0.1, -0.05) is 0 Å². The Morgan fingerprint density at radius 1 is 1.30 bits per heavy atom. The summed E-state index contributed by atoms with van der Waals surface area (Å²) >= 11 is 3.09. The Balaban J connectivity index is 1.98. The minimum absolute atomic E-state index is 0.245. The van der Waals surface area contributed by atoms with Crippen LogP contribution in [0.25, 0.3) is 0 Å². The first-order valence-corrected chi connectivity index (χ1v) is 7.02. The van der Waals surface area contributed by atoms with Crippen LogP contribution < -0.4 is 4.74 Å². The lowest BCUT2D eigenvalue weighted by molar-refractivity contribution is 0.454. The Bertz CT molecular complexity index is 725. The van der Waals surface area contributed by atoms with Gasteiger partial charge in [-0.25, -0.2) is 9.37 Å². The van der Waals surface area contributed by atoms with Gasteiger partial charge in [-0.15, -0.1) is 0 Å². The summed E-state index contributed by atoms with van der Waals surface area (Å²) in [5, 5.41) is 9.17. The monoisotopic (exact) mass is 332 g/mol. The normalized spacial score (nSPS) is 12.8. The molecule has 5 heteroatoms. The highest BCUT2D eigenvalue weighted by atomic mass is 79.9. The number of nitrogens with zero attached hydrogens (tertiary/aromatic N) is 2. The standard InChI is InChI=1S/C15H10BrFN2O/c16-12-5-4-11(7-13(12)17)20-15-10(8-18)6-9-2-1-3-14(9)19-15/h4-7H,1-3H2. The third-order valence-corrected chi connectivity index (χ3v) is 3.89. The molecule has 0 spiro atoms. The van der Waals surface area contributed by atoms with Crippen molar-refractivity contribution in [3.63, 3.8) is 0 Å². The SMILES string of the molecule is N#Cc1cc2c(nc1Oc1ccc(Br)c(F)c1)CCC2. The van der Waals surface area contributed by atoms with Crippen molar-refractivity contribution in [1.29, 1.82) is 5.26 Å². The second-order valence-corrected chi connectivity index (χ2v) is 5.44. The van der Waals surface area contributed by atoms with Gasteiger partial charge in [-0.3, -0.25) is 0 Å². The van der Waals surface area contributed by atoms with E-state index < -0.39 is 5.82 Å². The number of aryl methyl sites for hydroxylation is 2. The number of fused-ring (bicyclic) bond motifs is 1. The van der Waals surface area contributed by atoms with Crippen LogP contribution in [0.15, 0.2) is 28.7 Å². The van der Waals surface area contributed by atoms with E-state index in [1.807, 2.05) is 6.07 Å². The van der Waals surface area contributed by atoms with Crippen LogP contribution in [-0.2, 0) is 12.8 Å². The van der Waals surface area contributed by atoms with Gasteiger partial charge in [0.05, 0.1) is 4.47 Å². The van der Waals surface area contributed by atoms with E-state index in [-0.39, 0.29) is 5.88 Å². The molecule has 2 aromatic rings. The molecule has 0 saturated heterocycles. The Morgan fingerprint density at radius 3 is 2.90 bits per heavy atom. The second-order valence-electron chi connectivity index (χ2n) is 4.59. The summed E-state index contributed by atoms with van der Waals surface area (Å²) in [6, 6.07) is 8.35. The van der Waals surface area contributed by atoms with Crippen LogP contribution in [0.3, 0.4) is 0 Å². The first-order chi connectivity index (χ1) is 9.67. The van der Waals surface area contributed by atoms with Crippen LogP contribution in [0.5, 0.6) is 11.6 Å². The molecule has 0 fully saturated rings. The minimum atomic E-state index is -0.415. The molecule has 0 amide bonds. The van der Waals surface area contributed by atoms with Gasteiger partial charge in [0.2, 0.25) is 5.88 Å². The highest BCUT2D eigenvalue weighted by Crippen LogP contribution is 2.30. The van der Waals surface area contributed by atoms with E-state index in [1.54, 1.807) is 12.1 Å². The molecule has 1 aliphatic rings. The average Bonchev–Trinajstić information content (AvgIpc) is 2.89. The van der Waals surface area contributed by atoms with Crippen LogP contribution in [-0.4, -0.2) is 4.98 Å². The maximum atomic E-state index is 13.5. The molecule has 3 rings (SSSR count). The number of aromatic nitrogens is 1. The molecule has 1 aromatic heterocycles. The number of hydrogen-bond donors (Lipinski definition) is 0. The van der Waals surface area contributed by atoms with Crippen molar-refractivity contribution in [1.82, 2.24) is 4.98 Å². The molecule has 1 aliphatic carbocycles. The molecule has 0 atom stereocenters. The molecule has 0 radical (unpaired) electrons. The molecule has 0 aliphatic heterocycles. The summed E-state index contributed by atoms with van der Waals surface area (Å²) in [7, 11) is 0. The van der Waals surface area contributed by atoms with E-state index >= 15 is 0 Å². The molecule has 1 aromatic carbocycles. The number of halogens is 2. The van der Waals surface area contributed by atoms with Gasteiger partial charge in [0.1, 0.15) is 23.2 Å². The highest BCUT2D eigenvalue weighted by Gasteiger charge is 2.17. The van der Waals surface area contributed by atoms with Gasteiger partial charge in [-0.05, 0) is 59.0 Å². The maximum absolute atomic E-state index is 13.5. The zero-order valence-corrected chi connectivity index (χ0v) is 12.1. The van der Waals surface area contributed by atoms with Crippen molar-refractivity contribution in [2.75, 3.05) is 0 Å². The zero-order chi connectivity index (χ0) is 14.1. The molecule has 0 N–H and O–H groups in total. The quantitative estimate of drug-likeness (QED) is 0.830. The van der Waals surface area contributed by atoms with E-state index in [1.165, 1.54) is 6.07 Å². The van der Waals surface area contributed by atoms with Gasteiger partial charge in [-0.2, -0.15) is 5.26 Å². The highest BCUT2D eigenvalue weighted by molar-refractivity contribution is 9.10. The van der Waals surface area contributed by atoms with Crippen molar-refractivity contribution in [3.05, 3.63) is 51.4 Å².